The summed E-state index contributed by atoms with van der Waals surface area (Å²) in [4.78, 5) is 4.67. The number of nitriles is 1. The van der Waals surface area contributed by atoms with Gasteiger partial charge in [-0.2, -0.15) is 5.26 Å². The molecule has 0 N–H and O–H groups in total. The SMILES string of the molecule is N#Cc1cccc(-c2csc(C3CCOC3)n2)c1. The first-order valence-electron chi connectivity index (χ1n) is 5.90. The van der Waals surface area contributed by atoms with Crippen molar-refractivity contribution in [2.75, 3.05) is 13.2 Å². The summed E-state index contributed by atoms with van der Waals surface area (Å²) in [7, 11) is 0. The zero-order chi connectivity index (χ0) is 12.4. The molecule has 3 nitrogen and oxygen atoms in total. The lowest BCUT2D eigenvalue weighted by atomic mass is 10.1. The van der Waals surface area contributed by atoms with Gasteiger partial charge in [0, 0.05) is 23.5 Å². The second kappa shape index (κ2) is 4.89. The van der Waals surface area contributed by atoms with E-state index in [0.717, 1.165) is 35.9 Å². The van der Waals surface area contributed by atoms with Crippen LogP contribution in [0.2, 0.25) is 0 Å². The first-order chi connectivity index (χ1) is 8.86. The van der Waals surface area contributed by atoms with E-state index in [2.05, 4.69) is 16.4 Å². The molecule has 90 valence electrons. The summed E-state index contributed by atoms with van der Waals surface area (Å²) < 4.78 is 5.39. The van der Waals surface area contributed by atoms with E-state index in [1.54, 1.807) is 11.3 Å². The average molecular weight is 256 g/mol. The molecule has 1 fully saturated rings. The molecule has 1 aliphatic rings. The Balaban J connectivity index is 1.90. The van der Waals surface area contributed by atoms with Crippen LogP contribution in [-0.2, 0) is 4.74 Å². The van der Waals surface area contributed by atoms with Gasteiger partial charge in [-0.25, -0.2) is 4.98 Å². The van der Waals surface area contributed by atoms with Gasteiger partial charge in [0.25, 0.3) is 0 Å². The van der Waals surface area contributed by atoms with Crippen LogP contribution in [0, 0.1) is 11.3 Å². The highest BCUT2D eigenvalue weighted by atomic mass is 32.1. The maximum Gasteiger partial charge on any atom is 0.0991 e. The van der Waals surface area contributed by atoms with Crippen LogP contribution < -0.4 is 0 Å². The van der Waals surface area contributed by atoms with Crippen molar-refractivity contribution in [2.24, 2.45) is 0 Å². The summed E-state index contributed by atoms with van der Waals surface area (Å²) in [5.41, 5.74) is 2.64. The van der Waals surface area contributed by atoms with Gasteiger partial charge in [-0.3, -0.25) is 0 Å². The molecule has 1 unspecified atom stereocenters. The highest BCUT2D eigenvalue weighted by molar-refractivity contribution is 7.10. The number of aromatic nitrogens is 1. The summed E-state index contributed by atoms with van der Waals surface area (Å²) in [5.74, 6) is 0.447. The third kappa shape index (κ3) is 2.15. The van der Waals surface area contributed by atoms with Crippen LogP contribution in [0.15, 0.2) is 29.6 Å². The van der Waals surface area contributed by atoms with Crippen molar-refractivity contribution in [1.82, 2.24) is 4.98 Å². The molecule has 1 aromatic heterocycles. The fourth-order valence-corrected chi connectivity index (χ4v) is 3.04. The number of thiazole rings is 1. The number of rotatable bonds is 2. The Morgan fingerprint density at radius 1 is 1.44 bits per heavy atom. The quantitative estimate of drug-likeness (QED) is 0.829. The van der Waals surface area contributed by atoms with Crippen LogP contribution in [0.5, 0.6) is 0 Å². The first kappa shape index (κ1) is 11.4. The van der Waals surface area contributed by atoms with Crippen LogP contribution in [0.3, 0.4) is 0 Å². The predicted molar refractivity (Wildman–Crippen MR) is 70.4 cm³/mol. The Hall–Kier alpha value is -1.70. The monoisotopic (exact) mass is 256 g/mol. The number of ether oxygens (including phenoxy) is 1. The van der Waals surface area contributed by atoms with Gasteiger partial charge in [-0.05, 0) is 18.6 Å². The summed E-state index contributed by atoms with van der Waals surface area (Å²) in [5, 5.41) is 12.1. The zero-order valence-corrected chi connectivity index (χ0v) is 10.6. The standard InChI is InChI=1S/C14H12N2OS/c15-7-10-2-1-3-11(6-10)13-9-18-14(16-13)12-4-5-17-8-12/h1-3,6,9,12H,4-5,8H2. The fourth-order valence-electron chi connectivity index (χ4n) is 2.09. The highest BCUT2D eigenvalue weighted by Crippen LogP contribution is 2.31. The summed E-state index contributed by atoms with van der Waals surface area (Å²) in [6.45, 7) is 1.62. The Morgan fingerprint density at radius 3 is 3.17 bits per heavy atom. The van der Waals surface area contributed by atoms with Crippen molar-refractivity contribution >= 4 is 11.3 Å². The lowest BCUT2D eigenvalue weighted by Crippen LogP contribution is -1.96. The van der Waals surface area contributed by atoms with E-state index >= 15 is 0 Å². The molecule has 1 saturated heterocycles. The lowest BCUT2D eigenvalue weighted by molar-refractivity contribution is 0.194. The predicted octanol–water partition coefficient (Wildman–Crippen LogP) is 3.19. The van der Waals surface area contributed by atoms with E-state index in [9.17, 15) is 0 Å². The number of benzene rings is 1. The molecule has 0 bridgehead atoms. The van der Waals surface area contributed by atoms with E-state index in [0.29, 0.717) is 11.5 Å². The topological polar surface area (TPSA) is 45.9 Å². The first-order valence-corrected chi connectivity index (χ1v) is 6.78. The zero-order valence-electron chi connectivity index (χ0n) is 9.80. The van der Waals surface area contributed by atoms with E-state index in [-0.39, 0.29) is 0 Å². The molecule has 1 atom stereocenters. The number of hydrogen-bond donors (Lipinski definition) is 0. The largest absolute Gasteiger partial charge is 0.381 e. The molecule has 2 aromatic rings. The summed E-state index contributed by atoms with van der Waals surface area (Å²) in [6, 6.07) is 9.73. The van der Waals surface area contributed by atoms with Crippen LogP contribution in [0.1, 0.15) is 22.9 Å². The van der Waals surface area contributed by atoms with Crippen LogP contribution in [-0.4, -0.2) is 18.2 Å². The van der Waals surface area contributed by atoms with Gasteiger partial charge in [0.2, 0.25) is 0 Å². The molecule has 3 rings (SSSR count). The lowest BCUT2D eigenvalue weighted by Gasteiger charge is -2.01. The number of hydrogen-bond acceptors (Lipinski definition) is 4. The third-order valence-corrected chi connectivity index (χ3v) is 4.10. The molecule has 0 amide bonds. The minimum absolute atomic E-state index is 0.447. The van der Waals surface area contributed by atoms with Crippen LogP contribution in [0.4, 0.5) is 0 Å². The van der Waals surface area contributed by atoms with Gasteiger partial charge >= 0.3 is 0 Å². The molecule has 1 aromatic carbocycles. The van der Waals surface area contributed by atoms with Crippen molar-refractivity contribution < 1.29 is 4.74 Å². The van der Waals surface area contributed by atoms with Gasteiger partial charge in [0.05, 0.1) is 28.9 Å². The van der Waals surface area contributed by atoms with Crippen molar-refractivity contribution in [1.29, 1.82) is 5.26 Å². The van der Waals surface area contributed by atoms with Gasteiger partial charge in [-0.15, -0.1) is 11.3 Å². The second-order valence-corrected chi connectivity index (χ2v) is 5.21. The van der Waals surface area contributed by atoms with Gasteiger partial charge < -0.3 is 4.74 Å². The van der Waals surface area contributed by atoms with E-state index in [4.69, 9.17) is 10.00 Å². The maximum atomic E-state index is 8.90. The molecular weight excluding hydrogens is 244 g/mol. The maximum absolute atomic E-state index is 8.90. The fraction of sp³-hybridized carbons (Fsp3) is 0.286. The van der Waals surface area contributed by atoms with Crippen LogP contribution >= 0.6 is 11.3 Å². The van der Waals surface area contributed by atoms with Gasteiger partial charge in [-0.1, -0.05) is 12.1 Å². The van der Waals surface area contributed by atoms with Crippen molar-refractivity contribution in [2.45, 2.75) is 12.3 Å². The summed E-state index contributed by atoms with van der Waals surface area (Å²) in [6.07, 6.45) is 1.06. The molecule has 2 heterocycles. The normalized spacial score (nSPS) is 18.7. The highest BCUT2D eigenvalue weighted by Gasteiger charge is 2.21. The molecule has 0 saturated carbocycles. The molecule has 0 radical (unpaired) electrons. The van der Waals surface area contributed by atoms with Gasteiger partial charge in [0.15, 0.2) is 0 Å². The Bertz CT molecular complexity index is 594. The van der Waals surface area contributed by atoms with E-state index < -0.39 is 0 Å². The Labute approximate surface area is 110 Å². The van der Waals surface area contributed by atoms with Gasteiger partial charge in [0.1, 0.15) is 0 Å². The Morgan fingerprint density at radius 2 is 2.39 bits per heavy atom. The Kier molecular flexibility index (Phi) is 3.09. The van der Waals surface area contributed by atoms with E-state index in [1.807, 2.05) is 24.3 Å². The van der Waals surface area contributed by atoms with E-state index in [1.165, 1.54) is 0 Å². The van der Waals surface area contributed by atoms with Crippen LogP contribution in [0.25, 0.3) is 11.3 Å². The molecule has 18 heavy (non-hydrogen) atoms. The van der Waals surface area contributed by atoms with Crippen molar-refractivity contribution in [3.63, 3.8) is 0 Å². The molecule has 4 heteroatoms. The number of nitrogens with zero attached hydrogens (tertiary/aromatic N) is 2. The minimum Gasteiger partial charge on any atom is -0.381 e. The minimum atomic E-state index is 0.447. The molecule has 1 aliphatic heterocycles. The molecular formula is C14H12N2OS. The summed E-state index contributed by atoms with van der Waals surface area (Å²) >= 11 is 1.68. The smallest absolute Gasteiger partial charge is 0.0991 e. The van der Waals surface area contributed by atoms with Crippen molar-refractivity contribution in [3.05, 3.63) is 40.2 Å². The average Bonchev–Trinajstić information content (AvgIpc) is 3.09. The third-order valence-electron chi connectivity index (χ3n) is 3.09. The second-order valence-electron chi connectivity index (χ2n) is 4.32. The molecule has 0 aliphatic carbocycles. The molecule has 0 spiro atoms. The van der Waals surface area contributed by atoms with Crippen molar-refractivity contribution in [3.8, 4) is 17.3 Å².